The van der Waals surface area contributed by atoms with Gasteiger partial charge in [-0.3, -0.25) is 0 Å². The summed E-state index contributed by atoms with van der Waals surface area (Å²) in [5.74, 6) is -0.189. The fraction of sp³-hybridized carbons (Fsp3) is 0.235. The molecule has 0 aliphatic rings. The SMILES string of the molecule is Cc1nc2ccc(NC(C)Cc3ccc(F)cc3)cc2s1. The third kappa shape index (κ3) is 3.39. The topological polar surface area (TPSA) is 24.9 Å². The van der Waals surface area contributed by atoms with Crippen LogP contribution < -0.4 is 5.32 Å². The second kappa shape index (κ2) is 5.82. The van der Waals surface area contributed by atoms with Crippen LogP contribution in [-0.4, -0.2) is 11.0 Å². The Morgan fingerprint density at radius 3 is 2.71 bits per heavy atom. The van der Waals surface area contributed by atoms with Crippen LogP contribution in [0.3, 0.4) is 0 Å². The van der Waals surface area contributed by atoms with Crippen LogP contribution in [0.25, 0.3) is 10.2 Å². The summed E-state index contributed by atoms with van der Waals surface area (Å²) in [6.07, 6.45) is 0.861. The lowest BCUT2D eigenvalue weighted by Crippen LogP contribution is -2.17. The van der Waals surface area contributed by atoms with Crippen LogP contribution in [-0.2, 0) is 6.42 Å². The molecule has 1 N–H and O–H groups in total. The maximum Gasteiger partial charge on any atom is 0.123 e. The Hall–Kier alpha value is -1.94. The van der Waals surface area contributed by atoms with Gasteiger partial charge in [0.15, 0.2) is 0 Å². The molecule has 0 aliphatic carbocycles. The van der Waals surface area contributed by atoms with Gasteiger partial charge in [-0.2, -0.15) is 0 Å². The number of nitrogens with one attached hydrogen (secondary N) is 1. The van der Waals surface area contributed by atoms with Crippen molar-refractivity contribution in [3.8, 4) is 0 Å². The van der Waals surface area contributed by atoms with Crippen LogP contribution in [0.2, 0.25) is 0 Å². The number of fused-ring (bicyclic) bond motifs is 1. The largest absolute Gasteiger partial charge is 0.382 e. The van der Waals surface area contributed by atoms with E-state index in [0.717, 1.165) is 28.2 Å². The molecule has 0 saturated carbocycles. The number of benzene rings is 2. The Morgan fingerprint density at radius 2 is 1.95 bits per heavy atom. The maximum absolute atomic E-state index is 12.9. The van der Waals surface area contributed by atoms with Gasteiger partial charge in [0.25, 0.3) is 0 Å². The number of hydrogen-bond acceptors (Lipinski definition) is 3. The van der Waals surface area contributed by atoms with E-state index in [-0.39, 0.29) is 11.9 Å². The Labute approximate surface area is 127 Å². The molecule has 1 unspecified atom stereocenters. The van der Waals surface area contributed by atoms with Gasteiger partial charge in [-0.25, -0.2) is 9.37 Å². The molecule has 21 heavy (non-hydrogen) atoms. The summed E-state index contributed by atoms with van der Waals surface area (Å²) in [6.45, 7) is 4.15. The van der Waals surface area contributed by atoms with Crippen LogP contribution in [0.1, 0.15) is 17.5 Å². The zero-order chi connectivity index (χ0) is 14.8. The molecule has 2 aromatic carbocycles. The predicted octanol–water partition coefficient (Wildman–Crippen LogP) is 4.79. The smallest absolute Gasteiger partial charge is 0.123 e. The molecule has 1 heterocycles. The third-order valence-electron chi connectivity index (χ3n) is 3.36. The van der Waals surface area contributed by atoms with Crippen LogP contribution >= 0.6 is 11.3 Å². The summed E-state index contributed by atoms with van der Waals surface area (Å²) in [7, 11) is 0. The monoisotopic (exact) mass is 300 g/mol. The van der Waals surface area contributed by atoms with E-state index in [1.54, 1.807) is 11.3 Å². The summed E-state index contributed by atoms with van der Waals surface area (Å²) in [6, 6.07) is 13.2. The minimum atomic E-state index is -0.189. The second-order valence-corrected chi connectivity index (χ2v) is 6.53. The molecule has 0 aliphatic heterocycles. The highest BCUT2D eigenvalue weighted by molar-refractivity contribution is 7.18. The highest BCUT2D eigenvalue weighted by atomic mass is 32.1. The van der Waals surface area contributed by atoms with Gasteiger partial charge in [0.2, 0.25) is 0 Å². The molecule has 1 atom stereocenters. The molecule has 0 amide bonds. The molecule has 108 valence electrons. The fourth-order valence-corrected chi connectivity index (χ4v) is 3.31. The summed E-state index contributed by atoms with van der Waals surface area (Å²) < 4.78 is 14.1. The lowest BCUT2D eigenvalue weighted by molar-refractivity contribution is 0.626. The Bertz CT molecular complexity index is 749. The Balaban J connectivity index is 1.70. The van der Waals surface area contributed by atoms with E-state index >= 15 is 0 Å². The van der Waals surface area contributed by atoms with Gasteiger partial charge in [0.1, 0.15) is 5.82 Å². The molecule has 4 heteroatoms. The summed E-state index contributed by atoms with van der Waals surface area (Å²) in [5, 5.41) is 4.58. The van der Waals surface area contributed by atoms with E-state index in [9.17, 15) is 4.39 Å². The lowest BCUT2D eigenvalue weighted by Gasteiger charge is -2.15. The molecule has 0 bridgehead atoms. The molecule has 1 aromatic heterocycles. The average Bonchev–Trinajstić information content (AvgIpc) is 2.80. The fourth-order valence-electron chi connectivity index (χ4n) is 2.44. The number of anilines is 1. The van der Waals surface area contributed by atoms with Gasteiger partial charge in [-0.1, -0.05) is 12.1 Å². The molecular weight excluding hydrogens is 283 g/mol. The number of halogens is 1. The number of aromatic nitrogens is 1. The molecule has 0 fully saturated rings. The summed E-state index contributed by atoms with van der Waals surface area (Å²) in [5.41, 5.74) is 3.28. The van der Waals surface area contributed by atoms with E-state index in [2.05, 4.69) is 29.4 Å². The highest BCUT2D eigenvalue weighted by Crippen LogP contribution is 2.25. The zero-order valence-corrected chi connectivity index (χ0v) is 12.9. The van der Waals surface area contributed by atoms with Crippen molar-refractivity contribution in [2.24, 2.45) is 0 Å². The Morgan fingerprint density at radius 1 is 1.19 bits per heavy atom. The van der Waals surface area contributed by atoms with Crippen LogP contribution in [0.15, 0.2) is 42.5 Å². The van der Waals surface area contributed by atoms with Gasteiger partial charge in [0.05, 0.1) is 15.2 Å². The molecule has 0 saturated heterocycles. The summed E-state index contributed by atoms with van der Waals surface area (Å²) in [4.78, 5) is 4.46. The zero-order valence-electron chi connectivity index (χ0n) is 12.1. The van der Waals surface area contributed by atoms with Crippen molar-refractivity contribution in [2.45, 2.75) is 26.3 Å². The second-order valence-electron chi connectivity index (χ2n) is 5.29. The minimum absolute atomic E-state index is 0.189. The molecular formula is C17H17FN2S. The summed E-state index contributed by atoms with van der Waals surface area (Å²) >= 11 is 1.71. The maximum atomic E-state index is 12.9. The quantitative estimate of drug-likeness (QED) is 0.749. The van der Waals surface area contributed by atoms with Gasteiger partial charge in [0, 0.05) is 11.7 Å². The van der Waals surface area contributed by atoms with E-state index < -0.39 is 0 Å². The highest BCUT2D eigenvalue weighted by Gasteiger charge is 2.06. The first-order valence-corrected chi connectivity index (χ1v) is 7.80. The number of nitrogens with zero attached hydrogens (tertiary/aromatic N) is 1. The van der Waals surface area contributed by atoms with Crippen molar-refractivity contribution in [3.05, 3.63) is 58.9 Å². The van der Waals surface area contributed by atoms with Crippen molar-refractivity contribution in [1.82, 2.24) is 4.98 Å². The van der Waals surface area contributed by atoms with Crippen molar-refractivity contribution in [3.63, 3.8) is 0 Å². The van der Waals surface area contributed by atoms with E-state index in [0.29, 0.717) is 0 Å². The number of hydrogen-bond donors (Lipinski definition) is 1. The van der Waals surface area contributed by atoms with Gasteiger partial charge in [-0.15, -0.1) is 11.3 Å². The minimum Gasteiger partial charge on any atom is -0.382 e. The van der Waals surface area contributed by atoms with Gasteiger partial charge in [-0.05, 0) is 56.2 Å². The molecule has 0 spiro atoms. The molecule has 3 rings (SSSR count). The van der Waals surface area contributed by atoms with E-state index in [4.69, 9.17) is 0 Å². The lowest BCUT2D eigenvalue weighted by atomic mass is 10.1. The normalized spacial score (nSPS) is 12.5. The number of rotatable bonds is 4. The molecule has 0 radical (unpaired) electrons. The first-order chi connectivity index (χ1) is 10.1. The van der Waals surface area contributed by atoms with E-state index in [1.165, 1.54) is 16.8 Å². The number of thiazole rings is 1. The van der Waals surface area contributed by atoms with Crippen LogP contribution in [0, 0.1) is 12.7 Å². The molecule has 2 nitrogen and oxygen atoms in total. The standard InChI is InChI=1S/C17H17FN2S/c1-11(9-13-3-5-14(18)6-4-13)19-15-7-8-16-17(10-15)21-12(2)20-16/h3-8,10-11,19H,9H2,1-2H3. The van der Waals surface area contributed by atoms with Crippen LogP contribution in [0.4, 0.5) is 10.1 Å². The average molecular weight is 300 g/mol. The third-order valence-corrected chi connectivity index (χ3v) is 4.30. The first kappa shape index (κ1) is 14.0. The van der Waals surface area contributed by atoms with Crippen LogP contribution in [0.5, 0.6) is 0 Å². The number of aryl methyl sites for hydroxylation is 1. The van der Waals surface area contributed by atoms with Crippen molar-refractivity contribution >= 4 is 27.2 Å². The van der Waals surface area contributed by atoms with Crippen molar-refractivity contribution in [2.75, 3.05) is 5.32 Å². The molecule has 3 aromatic rings. The first-order valence-electron chi connectivity index (χ1n) is 6.98. The van der Waals surface area contributed by atoms with Gasteiger partial charge >= 0.3 is 0 Å². The van der Waals surface area contributed by atoms with Crippen molar-refractivity contribution < 1.29 is 4.39 Å². The van der Waals surface area contributed by atoms with Crippen molar-refractivity contribution in [1.29, 1.82) is 0 Å². The van der Waals surface area contributed by atoms with Gasteiger partial charge < -0.3 is 5.32 Å². The Kier molecular flexibility index (Phi) is 3.88. The van der Waals surface area contributed by atoms with E-state index in [1.807, 2.05) is 25.1 Å². The predicted molar refractivity (Wildman–Crippen MR) is 87.5 cm³/mol.